The van der Waals surface area contributed by atoms with E-state index in [0.29, 0.717) is 5.56 Å². The Labute approximate surface area is 68.9 Å². The summed E-state index contributed by atoms with van der Waals surface area (Å²) in [4.78, 5) is 7.30. The molecule has 6 nitrogen and oxygen atoms in total. The van der Waals surface area contributed by atoms with E-state index in [9.17, 15) is 0 Å². The molecule has 0 radical (unpaired) electrons. The van der Waals surface area contributed by atoms with Gasteiger partial charge in [-0.05, 0) is 0 Å². The minimum absolute atomic E-state index is 0.0602. The molecular weight excluding hydrogens is 160 g/mol. The molecule has 0 aliphatic carbocycles. The van der Waals surface area contributed by atoms with Crippen LogP contribution in [0.1, 0.15) is 17.5 Å². The van der Waals surface area contributed by atoms with E-state index in [1.165, 1.54) is 0 Å². The summed E-state index contributed by atoms with van der Waals surface area (Å²) in [5, 5.41) is 17.6. The van der Waals surface area contributed by atoms with Crippen molar-refractivity contribution in [2.24, 2.45) is 5.73 Å². The van der Waals surface area contributed by atoms with Gasteiger partial charge in [0, 0.05) is 12.1 Å². The number of nitrogens with two attached hydrogens (primary N) is 2. The van der Waals surface area contributed by atoms with Gasteiger partial charge in [-0.25, -0.2) is 9.97 Å². The molecule has 1 rings (SSSR count). The zero-order chi connectivity index (χ0) is 9.14. The Morgan fingerprint density at radius 2 is 2.08 bits per heavy atom. The summed E-state index contributed by atoms with van der Waals surface area (Å²) in [5.74, 6) is 0.176. The Kier molecular flexibility index (Phi) is 2.54. The molecule has 0 aliphatic heterocycles. The van der Waals surface area contributed by atoms with Crippen molar-refractivity contribution in [3.05, 3.63) is 17.6 Å². The molecular formula is C6H10N4O2. The molecule has 0 aromatic carbocycles. The summed E-state index contributed by atoms with van der Waals surface area (Å²) in [6, 6.07) is 0. The van der Waals surface area contributed by atoms with Crippen LogP contribution in [0.4, 0.5) is 5.82 Å². The Bertz CT molecular complexity index is 276. The van der Waals surface area contributed by atoms with Crippen molar-refractivity contribution in [1.29, 1.82) is 0 Å². The Morgan fingerprint density at radius 1 is 1.42 bits per heavy atom. The van der Waals surface area contributed by atoms with Crippen LogP contribution >= 0.6 is 0 Å². The normalized spacial score (nSPS) is 10.7. The van der Waals surface area contributed by atoms with Crippen LogP contribution in [0.2, 0.25) is 0 Å². The minimum Gasteiger partial charge on any atom is -0.383 e. The molecule has 0 bridgehead atoms. The number of rotatable bonds is 2. The van der Waals surface area contributed by atoms with Gasteiger partial charge in [0.1, 0.15) is 17.8 Å². The highest BCUT2D eigenvalue weighted by molar-refractivity contribution is 5.41. The third-order valence-electron chi connectivity index (χ3n) is 1.46. The Hall–Kier alpha value is -1.24. The molecule has 0 atom stereocenters. The largest absolute Gasteiger partial charge is 0.383 e. The summed E-state index contributed by atoms with van der Waals surface area (Å²) in [7, 11) is 0. The summed E-state index contributed by atoms with van der Waals surface area (Å²) >= 11 is 0. The average molecular weight is 170 g/mol. The third-order valence-corrected chi connectivity index (χ3v) is 1.46. The maximum Gasteiger partial charge on any atom is 0.196 e. The van der Waals surface area contributed by atoms with Crippen LogP contribution < -0.4 is 11.5 Å². The van der Waals surface area contributed by atoms with E-state index < -0.39 is 6.29 Å². The van der Waals surface area contributed by atoms with Crippen molar-refractivity contribution in [2.75, 3.05) is 5.73 Å². The average Bonchev–Trinajstić information content (AvgIpc) is 2.03. The summed E-state index contributed by atoms with van der Waals surface area (Å²) in [6.07, 6.45) is -0.502. The summed E-state index contributed by atoms with van der Waals surface area (Å²) in [5.41, 5.74) is 11.2. The second kappa shape index (κ2) is 3.44. The zero-order valence-electron chi connectivity index (χ0n) is 6.31. The van der Waals surface area contributed by atoms with Crippen molar-refractivity contribution in [2.45, 2.75) is 12.8 Å². The van der Waals surface area contributed by atoms with Crippen molar-refractivity contribution < 1.29 is 10.2 Å². The molecule has 66 valence electrons. The lowest BCUT2D eigenvalue weighted by atomic mass is 10.2. The van der Waals surface area contributed by atoms with Crippen LogP contribution in [0.3, 0.4) is 0 Å². The first kappa shape index (κ1) is 8.85. The number of hydrogen-bond donors (Lipinski definition) is 4. The lowest BCUT2D eigenvalue weighted by molar-refractivity contribution is -0.0465. The Balaban J connectivity index is 3.18. The van der Waals surface area contributed by atoms with E-state index >= 15 is 0 Å². The third kappa shape index (κ3) is 1.50. The first-order valence-electron chi connectivity index (χ1n) is 3.32. The van der Waals surface area contributed by atoms with Gasteiger partial charge < -0.3 is 21.7 Å². The number of nitrogen functional groups attached to an aromatic ring is 1. The quantitative estimate of drug-likeness (QED) is 0.401. The van der Waals surface area contributed by atoms with Crippen LogP contribution in [0.5, 0.6) is 0 Å². The highest BCUT2D eigenvalue weighted by Crippen LogP contribution is 2.15. The first-order chi connectivity index (χ1) is 5.66. The number of anilines is 1. The van der Waals surface area contributed by atoms with Gasteiger partial charge in [-0.3, -0.25) is 0 Å². The highest BCUT2D eigenvalue weighted by Gasteiger charge is 2.12. The highest BCUT2D eigenvalue weighted by atomic mass is 16.5. The second-order valence-electron chi connectivity index (χ2n) is 2.20. The molecule has 1 heterocycles. The fourth-order valence-electron chi connectivity index (χ4n) is 0.872. The number of aliphatic hydroxyl groups excluding tert-OH is 1. The number of aromatic nitrogens is 2. The molecule has 1 aromatic heterocycles. The predicted octanol–water partition coefficient (Wildman–Crippen LogP) is -1.50. The van der Waals surface area contributed by atoms with Crippen LogP contribution in [0.25, 0.3) is 0 Å². The zero-order valence-corrected chi connectivity index (χ0v) is 6.31. The molecule has 6 heteroatoms. The lowest BCUT2D eigenvalue weighted by Gasteiger charge is -2.08. The summed E-state index contributed by atoms with van der Waals surface area (Å²) < 4.78 is 0. The van der Waals surface area contributed by atoms with Gasteiger partial charge in [-0.1, -0.05) is 0 Å². The molecule has 0 saturated carbocycles. The standard InChI is InChI=1S/C6H10N4O2/c7-1-3-4(6(11)12)9-2-10-5(3)8/h2,6,11-12H,1,7H2,(H2,8,9,10). The number of nitrogens with zero attached hydrogens (tertiary/aromatic N) is 2. The SMILES string of the molecule is NCc1c(N)ncnc1C(O)O. The number of hydrogen-bond acceptors (Lipinski definition) is 6. The van der Waals surface area contributed by atoms with Crippen molar-refractivity contribution >= 4 is 5.82 Å². The maximum atomic E-state index is 8.81. The smallest absolute Gasteiger partial charge is 0.196 e. The molecule has 0 amide bonds. The Morgan fingerprint density at radius 3 is 2.50 bits per heavy atom. The molecule has 0 aliphatic rings. The van der Waals surface area contributed by atoms with E-state index in [-0.39, 0.29) is 18.1 Å². The van der Waals surface area contributed by atoms with Crippen LogP contribution in [0, 0.1) is 0 Å². The maximum absolute atomic E-state index is 8.81. The molecule has 0 saturated heterocycles. The fraction of sp³-hybridized carbons (Fsp3) is 0.333. The van der Waals surface area contributed by atoms with E-state index in [0.717, 1.165) is 6.33 Å². The lowest BCUT2D eigenvalue weighted by Crippen LogP contribution is -2.12. The van der Waals surface area contributed by atoms with E-state index in [1.807, 2.05) is 0 Å². The second-order valence-corrected chi connectivity index (χ2v) is 2.20. The molecule has 12 heavy (non-hydrogen) atoms. The van der Waals surface area contributed by atoms with E-state index in [1.54, 1.807) is 0 Å². The van der Waals surface area contributed by atoms with Crippen LogP contribution in [0.15, 0.2) is 6.33 Å². The first-order valence-corrected chi connectivity index (χ1v) is 3.32. The van der Waals surface area contributed by atoms with Crippen LogP contribution in [-0.2, 0) is 6.54 Å². The van der Waals surface area contributed by atoms with E-state index in [2.05, 4.69) is 9.97 Å². The molecule has 1 aromatic rings. The molecule has 0 unspecified atom stereocenters. The van der Waals surface area contributed by atoms with Gasteiger partial charge >= 0.3 is 0 Å². The molecule has 6 N–H and O–H groups in total. The van der Waals surface area contributed by atoms with E-state index in [4.69, 9.17) is 21.7 Å². The molecule has 0 fully saturated rings. The summed E-state index contributed by atoms with van der Waals surface area (Å²) in [6.45, 7) is 0.0830. The van der Waals surface area contributed by atoms with Gasteiger partial charge in [-0.15, -0.1) is 0 Å². The van der Waals surface area contributed by atoms with Gasteiger partial charge in [0.05, 0.1) is 0 Å². The number of aliphatic hydroxyl groups is 2. The fourth-order valence-corrected chi connectivity index (χ4v) is 0.872. The van der Waals surface area contributed by atoms with Gasteiger partial charge in [0.25, 0.3) is 0 Å². The topological polar surface area (TPSA) is 118 Å². The van der Waals surface area contributed by atoms with Crippen LogP contribution in [-0.4, -0.2) is 20.2 Å². The monoisotopic (exact) mass is 170 g/mol. The van der Waals surface area contributed by atoms with Crippen molar-refractivity contribution in [3.63, 3.8) is 0 Å². The van der Waals surface area contributed by atoms with Gasteiger partial charge in [-0.2, -0.15) is 0 Å². The molecule has 0 spiro atoms. The minimum atomic E-state index is -1.66. The van der Waals surface area contributed by atoms with Crippen molar-refractivity contribution in [1.82, 2.24) is 9.97 Å². The predicted molar refractivity (Wildman–Crippen MR) is 41.5 cm³/mol. The van der Waals surface area contributed by atoms with Crippen molar-refractivity contribution in [3.8, 4) is 0 Å². The van der Waals surface area contributed by atoms with Gasteiger partial charge in [0.2, 0.25) is 0 Å². The van der Waals surface area contributed by atoms with Gasteiger partial charge in [0.15, 0.2) is 6.29 Å².